The highest BCUT2D eigenvalue weighted by Gasteiger charge is 2.32. The molecule has 1 aromatic carbocycles. The van der Waals surface area contributed by atoms with Crippen molar-refractivity contribution in [2.45, 2.75) is 6.42 Å². The van der Waals surface area contributed by atoms with Gasteiger partial charge >= 0.3 is 0 Å². The predicted molar refractivity (Wildman–Crippen MR) is 67.6 cm³/mol. The molecule has 17 heavy (non-hydrogen) atoms. The van der Waals surface area contributed by atoms with E-state index in [1.54, 1.807) is 0 Å². The van der Waals surface area contributed by atoms with Gasteiger partial charge in [-0.15, -0.1) is 11.6 Å². The number of benzene rings is 1. The summed E-state index contributed by atoms with van der Waals surface area (Å²) in [7, 11) is 0. The third-order valence-electron chi connectivity index (χ3n) is 2.67. The smallest absolute Gasteiger partial charge is 0.227 e. The van der Waals surface area contributed by atoms with Crippen LogP contribution in [0.15, 0.2) is 12.1 Å². The number of amides is 1. The van der Waals surface area contributed by atoms with Crippen LogP contribution in [-0.4, -0.2) is 18.3 Å². The Hall–Kier alpha value is -0.510. The maximum absolute atomic E-state index is 13.0. The molecule has 2 nitrogen and oxygen atoms in total. The monoisotopic (exact) mass is 295 g/mol. The number of carbonyl (C=O) groups is 1. The first-order valence-corrected chi connectivity index (χ1v) is 6.33. The SMILES string of the molecule is O=C1CC(CCl)CN1c1c(Cl)cc(F)cc1Cl. The van der Waals surface area contributed by atoms with E-state index in [0.717, 1.165) is 12.1 Å². The van der Waals surface area contributed by atoms with Crippen LogP contribution >= 0.6 is 34.8 Å². The van der Waals surface area contributed by atoms with Crippen LogP contribution in [0.25, 0.3) is 0 Å². The van der Waals surface area contributed by atoms with Crippen molar-refractivity contribution in [3.63, 3.8) is 0 Å². The summed E-state index contributed by atoms with van der Waals surface area (Å²) in [5.41, 5.74) is 0.368. The molecule has 1 aliphatic heterocycles. The molecule has 1 fully saturated rings. The van der Waals surface area contributed by atoms with Gasteiger partial charge in [0, 0.05) is 18.8 Å². The van der Waals surface area contributed by atoms with Gasteiger partial charge in [-0.3, -0.25) is 4.79 Å². The predicted octanol–water partition coefficient (Wildman–Crippen LogP) is 3.72. The molecule has 0 bridgehead atoms. The summed E-state index contributed by atoms with van der Waals surface area (Å²) in [4.78, 5) is 13.3. The number of alkyl halides is 1. The second-order valence-corrected chi connectivity index (χ2v) is 5.07. The highest BCUT2D eigenvalue weighted by atomic mass is 35.5. The first kappa shape index (κ1) is 12.9. The van der Waals surface area contributed by atoms with Gasteiger partial charge in [0.05, 0.1) is 15.7 Å². The highest BCUT2D eigenvalue weighted by molar-refractivity contribution is 6.40. The first-order valence-electron chi connectivity index (χ1n) is 5.03. The highest BCUT2D eigenvalue weighted by Crippen LogP contribution is 2.38. The van der Waals surface area contributed by atoms with E-state index in [-0.39, 0.29) is 21.9 Å². The van der Waals surface area contributed by atoms with Crippen molar-refractivity contribution in [1.29, 1.82) is 0 Å². The third kappa shape index (κ3) is 2.51. The molecule has 1 amide bonds. The summed E-state index contributed by atoms with van der Waals surface area (Å²) in [6, 6.07) is 2.29. The fourth-order valence-corrected chi connectivity index (χ4v) is 2.76. The van der Waals surface area contributed by atoms with Gasteiger partial charge in [0.15, 0.2) is 0 Å². The molecule has 0 aliphatic carbocycles. The van der Waals surface area contributed by atoms with Gasteiger partial charge in [0.2, 0.25) is 5.91 Å². The number of hydrogen-bond donors (Lipinski definition) is 0. The van der Waals surface area contributed by atoms with Crippen molar-refractivity contribution in [3.8, 4) is 0 Å². The average molecular weight is 297 g/mol. The fourth-order valence-electron chi connectivity index (χ4n) is 1.89. The molecule has 0 radical (unpaired) electrons. The second kappa shape index (κ2) is 5.01. The molecule has 1 aliphatic rings. The molecule has 0 aromatic heterocycles. The standard InChI is InChI=1S/C11H9Cl3FNO/c12-4-6-1-10(17)16(5-6)11-8(13)2-7(15)3-9(11)14/h2-3,6H,1,4-5H2. The molecular formula is C11H9Cl3FNO. The zero-order valence-corrected chi connectivity index (χ0v) is 11.0. The molecule has 1 heterocycles. The summed E-state index contributed by atoms with van der Waals surface area (Å²) in [6.45, 7) is 0.466. The van der Waals surface area contributed by atoms with Crippen molar-refractivity contribution >= 4 is 46.4 Å². The lowest BCUT2D eigenvalue weighted by Crippen LogP contribution is -2.25. The lowest BCUT2D eigenvalue weighted by Gasteiger charge is -2.19. The van der Waals surface area contributed by atoms with Gasteiger partial charge in [0.25, 0.3) is 0 Å². The lowest BCUT2D eigenvalue weighted by molar-refractivity contribution is -0.117. The van der Waals surface area contributed by atoms with E-state index in [1.807, 2.05) is 0 Å². The van der Waals surface area contributed by atoms with Crippen molar-refractivity contribution < 1.29 is 9.18 Å². The minimum atomic E-state index is -0.524. The first-order chi connectivity index (χ1) is 8.02. The summed E-state index contributed by atoms with van der Waals surface area (Å²) in [5, 5.41) is 0.275. The molecule has 0 saturated carbocycles. The molecule has 1 unspecified atom stereocenters. The Morgan fingerprint density at radius 3 is 2.41 bits per heavy atom. The van der Waals surface area contributed by atoms with Crippen LogP contribution in [0.3, 0.4) is 0 Å². The van der Waals surface area contributed by atoms with Crippen LogP contribution in [0.4, 0.5) is 10.1 Å². The van der Waals surface area contributed by atoms with E-state index >= 15 is 0 Å². The van der Waals surface area contributed by atoms with Crippen LogP contribution in [0.2, 0.25) is 10.0 Å². The van der Waals surface area contributed by atoms with Crippen LogP contribution < -0.4 is 4.90 Å². The topological polar surface area (TPSA) is 20.3 Å². The number of halogens is 4. The largest absolute Gasteiger partial charge is 0.309 e. The average Bonchev–Trinajstić information content (AvgIpc) is 2.59. The molecular weight excluding hydrogens is 287 g/mol. The molecule has 6 heteroatoms. The molecule has 1 saturated heterocycles. The van der Waals surface area contributed by atoms with E-state index in [9.17, 15) is 9.18 Å². The van der Waals surface area contributed by atoms with Crippen molar-refractivity contribution in [2.75, 3.05) is 17.3 Å². The summed E-state index contributed by atoms with van der Waals surface area (Å²) in [5.74, 6) is -0.129. The van der Waals surface area contributed by atoms with Crippen molar-refractivity contribution in [1.82, 2.24) is 0 Å². The van der Waals surface area contributed by atoms with Gasteiger partial charge < -0.3 is 4.90 Å². The fraction of sp³-hybridized carbons (Fsp3) is 0.364. The van der Waals surface area contributed by atoms with Gasteiger partial charge in [0.1, 0.15) is 5.82 Å². The quantitative estimate of drug-likeness (QED) is 0.762. The van der Waals surface area contributed by atoms with E-state index in [0.29, 0.717) is 24.5 Å². The van der Waals surface area contributed by atoms with Crippen LogP contribution in [0.1, 0.15) is 6.42 Å². The number of anilines is 1. The summed E-state index contributed by atoms with van der Waals surface area (Å²) >= 11 is 17.6. The molecule has 0 spiro atoms. The van der Waals surface area contributed by atoms with Crippen molar-refractivity contribution in [2.24, 2.45) is 5.92 Å². The van der Waals surface area contributed by atoms with Gasteiger partial charge in [-0.2, -0.15) is 0 Å². The molecule has 1 atom stereocenters. The van der Waals surface area contributed by atoms with Gasteiger partial charge in [-0.25, -0.2) is 4.39 Å². The van der Waals surface area contributed by atoms with Gasteiger partial charge in [-0.05, 0) is 18.1 Å². The minimum absolute atomic E-state index is 0.0846. The zero-order chi connectivity index (χ0) is 12.6. The van der Waals surface area contributed by atoms with E-state index in [4.69, 9.17) is 34.8 Å². The van der Waals surface area contributed by atoms with E-state index < -0.39 is 5.82 Å². The normalized spacial score (nSPS) is 20.1. The van der Waals surface area contributed by atoms with Crippen LogP contribution in [-0.2, 0) is 4.79 Å². The third-order valence-corrected chi connectivity index (χ3v) is 3.69. The second-order valence-electron chi connectivity index (χ2n) is 3.95. The Balaban J connectivity index is 2.38. The van der Waals surface area contributed by atoms with Crippen LogP contribution in [0.5, 0.6) is 0 Å². The molecule has 1 aromatic rings. The van der Waals surface area contributed by atoms with Crippen molar-refractivity contribution in [3.05, 3.63) is 28.0 Å². The Morgan fingerprint density at radius 1 is 1.35 bits per heavy atom. The molecule has 2 rings (SSSR count). The minimum Gasteiger partial charge on any atom is -0.309 e. The Morgan fingerprint density at radius 2 is 1.94 bits per heavy atom. The Bertz CT molecular complexity index is 443. The number of hydrogen-bond acceptors (Lipinski definition) is 1. The van der Waals surface area contributed by atoms with E-state index in [2.05, 4.69) is 0 Å². The zero-order valence-electron chi connectivity index (χ0n) is 8.72. The lowest BCUT2D eigenvalue weighted by atomic mass is 10.1. The Labute approximate surface area is 113 Å². The maximum Gasteiger partial charge on any atom is 0.227 e. The molecule has 92 valence electrons. The summed E-state index contributed by atoms with van der Waals surface area (Å²) < 4.78 is 13.0. The van der Waals surface area contributed by atoms with E-state index in [1.165, 1.54) is 4.90 Å². The summed E-state index contributed by atoms with van der Waals surface area (Å²) in [6.07, 6.45) is 0.369. The number of rotatable bonds is 2. The number of carbonyl (C=O) groups excluding carboxylic acids is 1. The Kier molecular flexibility index (Phi) is 3.81. The maximum atomic E-state index is 13.0. The van der Waals surface area contributed by atoms with Crippen LogP contribution in [0, 0.1) is 11.7 Å². The van der Waals surface area contributed by atoms with Gasteiger partial charge in [-0.1, -0.05) is 23.2 Å². The number of nitrogens with zero attached hydrogens (tertiary/aromatic N) is 1. The molecule has 0 N–H and O–H groups in total.